The molecular formula is C28H51NO. The molecule has 0 amide bonds. The molecule has 2 fully saturated rings. The number of ether oxygens (including phenoxy) is 1. The third kappa shape index (κ3) is 9.72. The van der Waals surface area contributed by atoms with Crippen molar-refractivity contribution in [2.75, 3.05) is 6.61 Å². The summed E-state index contributed by atoms with van der Waals surface area (Å²) in [4.78, 5) is 0. The first-order chi connectivity index (χ1) is 14.7. The highest BCUT2D eigenvalue weighted by molar-refractivity contribution is 5.02. The zero-order valence-electron chi connectivity index (χ0n) is 20.4. The molecule has 0 saturated heterocycles. The van der Waals surface area contributed by atoms with Crippen LogP contribution in [0.4, 0.5) is 0 Å². The van der Waals surface area contributed by atoms with Gasteiger partial charge in [-0.3, -0.25) is 0 Å². The minimum absolute atomic E-state index is 0.186. The molecule has 0 radical (unpaired) electrons. The zero-order chi connectivity index (χ0) is 21.5. The van der Waals surface area contributed by atoms with Crippen LogP contribution in [0.15, 0.2) is 0 Å². The van der Waals surface area contributed by atoms with E-state index in [0.717, 1.165) is 24.7 Å². The maximum absolute atomic E-state index is 9.90. The summed E-state index contributed by atoms with van der Waals surface area (Å²) in [5, 5.41) is 9.90. The van der Waals surface area contributed by atoms with Crippen molar-refractivity contribution in [3.63, 3.8) is 0 Å². The highest BCUT2D eigenvalue weighted by atomic mass is 16.5. The Hall–Kier alpha value is -0.550. The van der Waals surface area contributed by atoms with Crippen LogP contribution in [-0.2, 0) is 4.74 Å². The molecule has 2 aliphatic carbocycles. The molecule has 0 aliphatic heterocycles. The van der Waals surface area contributed by atoms with E-state index in [2.05, 4.69) is 19.9 Å². The molecule has 0 N–H and O–H groups in total. The lowest BCUT2D eigenvalue weighted by Crippen LogP contribution is -2.34. The summed E-state index contributed by atoms with van der Waals surface area (Å²) >= 11 is 0. The molecule has 0 aromatic heterocycles. The lowest BCUT2D eigenvalue weighted by atomic mass is 9.70. The zero-order valence-corrected chi connectivity index (χ0v) is 20.4. The summed E-state index contributed by atoms with van der Waals surface area (Å²) in [7, 11) is 0. The van der Waals surface area contributed by atoms with Gasteiger partial charge in [0.1, 0.15) is 0 Å². The second-order valence-electron chi connectivity index (χ2n) is 10.7. The van der Waals surface area contributed by atoms with E-state index in [1.807, 2.05) is 0 Å². The van der Waals surface area contributed by atoms with Crippen LogP contribution in [0.25, 0.3) is 0 Å². The molecule has 2 nitrogen and oxygen atoms in total. The van der Waals surface area contributed by atoms with Crippen LogP contribution >= 0.6 is 0 Å². The van der Waals surface area contributed by atoms with Crippen LogP contribution in [0, 0.1) is 28.6 Å². The normalized spacial score (nSPS) is 29.6. The standard InChI is InChI=1S/C28H51NO/c1-3-5-7-9-11-13-25-15-17-27(18-16-25)30-24-28(23-29)21-19-26(20-22-28)14-12-10-8-6-4-2/h25-27H,3-22,24H2,1-2H3. The topological polar surface area (TPSA) is 33.0 Å². The predicted octanol–water partition coefficient (Wildman–Crippen LogP) is 8.98. The van der Waals surface area contributed by atoms with Gasteiger partial charge in [0.25, 0.3) is 0 Å². The van der Waals surface area contributed by atoms with E-state index in [1.54, 1.807) is 0 Å². The van der Waals surface area contributed by atoms with Gasteiger partial charge in [-0.1, -0.05) is 90.9 Å². The van der Waals surface area contributed by atoms with Gasteiger partial charge in [0, 0.05) is 0 Å². The molecule has 0 aromatic rings. The van der Waals surface area contributed by atoms with Crippen molar-refractivity contribution in [1.82, 2.24) is 0 Å². The largest absolute Gasteiger partial charge is 0.377 e. The molecule has 2 saturated carbocycles. The number of nitrogens with zero attached hydrogens (tertiary/aromatic N) is 1. The fourth-order valence-electron chi connectivity index (χ4n) is 5.74. The molecule has 0 atom stereocenters. The minimum atomic E-state index is -0.186. The van der Waals surface area contributed by atoms with E-state index in [1.165, 1.54) is 116 Å². The van der Waals surface area contributed by atoms with Crippen molar-refractivity contribution in [2.24, 2.45) is 17.3 Å². The molecular weight excluding hydrogens is 366 g/mol. The van der Waals surface area contributed by atoms with Gasteiger partial charge in [0.2, 0.25) is 0 Å². The van der Waals surface area contributed by atoms with Crippen LogP contribution < -0.4 is 0 Å². The SMILES string of the molecule is CCCCCCCC1CCC(OCC2(C#N)CCC(CCCCCCC)CC2)CC1. The Kier molecular flexibility index (Phi) is 13.1. The molecule has 0 aromatic carbocycles. The first-order valence-electron chi connectivity index (χ1n) is 13.7. The minimum Gasteiger partial charge on any atom is -0.377 e. The van der Waals surface area contributed by atoms with Crippen molar-refractivity contribution in [3.05, 3.63) is 0 Å². The lowest BCUT2D eigenvalue weighted by molar-refractivity contribution is -0.0300. The van der Waals surface area contributed by atoms with Crippen molar-refractivity contribution in [1.29, 1.82) is 5.26 Å². The third-order valence-electron chi connectivity index (χ3n) is 8.12. The van der Waals surface area contributed by atoms with Gasteiger partial charge < -0.3 is 4.74 Å². The molecule has 2 aliphatic rings. The summed E-state index contributed by atoms with van der Waals surface area (Å²) in [5.74, 6) is 1.80. The van der Waals surface area contributed by atoms with E-state index < -0.39 is 0 Å². The quantitative estimate of drug-likeness (QED) is 0.249. The fraction of sp³-hybridized carbons (Fsp3) is 0.964. The van der Waals surface area contributed by atoms with Crippen LogP contribution in [0.5, 0.6) is 0 Å². The first-order valence-corrected chi connectivity index (χ1v) is 13.7. The lowest BCUT2D eigenvalue weighted by Gasteiger charge is -2.37. The van der Waals surface area contributed by atoms with Gasteiger partial charge >= 0.3 is 0 Å². The van der Waals surface area contributed by atoms with E-state index >= 15 is 0 Å². The summed E-state index contributed by atoms with van der Waals surface area (Å²) in [6.07, 6.45) is 26.9. The summed E-state index contributed by atoms with van der Waals surface area (Å²) < 4.78 is 6.36. The Morgan fingerprint density at radius 2 is 1.20 bits per heavy atom. The van der Waals surface area contributed by atoms with Crippen LogP contribution in [0.3, 0.4) is 0 Å². The Morgan fingerprint density at radius 3 is 1.70 bits per heavy atom. The average Bonchev–Trinajstić information content (AvgIpc) is 2.79. The van der Waals surface area contributed by atoms with Crippen LogP contribution in [0.2, 0.25) is 0 Å². The van der Waals surface area contributed by atoms with E-state index in [0.29, 0.717) is 12.7 Å². The maximum atomic E-state index is 9.90. The molecule has 0 heterocycles. The number of nitriles is 1. The van der Waals surface area contributed by atoms with E-state index in [-0.39, 0.29) is 5.41 Å². The Balaban J connectivity index is 1.57. The van der Waals surface area contributed by atoms with Crippen molar-refractivity contribution >= 4 is 0 Å². The molecule has 2 heteroatoms. The smallest absolute Gasteiger partial charge is 0.0807 e. The van der Waals surface area contributed by atoms with Gasteiger partial charge in [0.05, 0.1) is 24.2 Å². The summed E-state index contributed by atoms with van der Waals surface area (Å²) in [6, 6.07) is 2.69. The van der Waals surface area contributed by atoms with Crippen LogP contribution in [-0.4, -0.2) is 12.7 Å². The van der Waals surface area contributed by atoms with E-state index in [9.17, 15) is 5.26 Å². The molecule has 0 bridgehead atoms. The second-order valence-corrected chi connectivity index (χ2v) is 10.7. The highest BCUT2D eigenvalue weighted by Crippen LogP contribution is 2.41. The predicted molar refractivity (Wildman–Crippen MR) is 128 cm³/mol. The van der Waals surface area contributed by atoms with Crippen molar-refractivity contribution < 1.29 is 4.74 Å². The first kappa shape index (κ1) is 25.7. The van der Waals surface area contributed by atoms with Gasteiger partial charge in [-0.25, -0.2) is 0 Å². The van der Waals surface area contributed by atoms with Gasteiger partial charge in [0.15, 0.2) is 0 Å². The van der Waals surface area contributed by atoms with Gasteiger partial charge in [-0.05, 0) is 63.2 Å². The summed E-state index contributed by atoms with van der Waals surface area (Å²) in [6.45, 7) is 5.27. The third-order valence-corrected chi connectivity index (χ3v) is 8.12. The maximum Gasteiger partial charge on any atom is 0.0807 e. The molecule has 2 rings (SSSR count). The Morgan fingerprint density at radius 1 is 0.700 bits per heavy atom. The second kappa shape index (κ2) is 15.3. The molecule has 174 valence electrons. The number of hydrogen-bond acceptors (Lipinski definition) is 2. The van der Waals surface area contributed by atoms with Crippen LogP contribution in [0.1, 0.15) is 142 Å². The van der Waals surface area contributed by atoms with Crippen molar-refractivity contribution in [3.8, 4) is 6.07 Å². The van der Waals surface area contributed by atoms with Gasteiger partial charge in [-0.2, -0.15) is 5.26 Å². The van der Waals surface area contributed by atoms with Gasteiger partial charge in [-0.15, -0.1) is 0 Å². The molecule has 30 heavy (non-hydrogen) atoms. The summed E-state index contributed by atoms with van der Waals surface area (Å²) in [5.41, 5.74) is -0.186. The average molecular weight is 418 g/mol. The van der Waals surface area contributed by atoms with E-state index in [4.69, 9.17) is 4.74 Å². The molecule has 0 spiro atoms. The number of hydrogen-bond donors (Lipinski definition) is 0. The number of unbranched alkanes of at least 4 members (excludes halogenated alkanes) is 8. The van der Waals surface area contributed by atoms with Crippen molar-refractivity contribution in [2.45, 2.75) is 148 Å². The molecule has 0 unspecified atom stereocenters. The fourth-order valence-corrected chi connectivity index (χ4v) is 5.74. The monoisotopic (exact) mass is 417 g/mol. The highest BCUT2D eigenvalue weighted by Gasteiger charge is 2.36. The Labute approximate surface area is 188 Å². The number of rotatable bonds is 15. The Bertz CT molecular complexity index is 452.